The van der Waals surface area contributed by atoms with Crippen LogP contribution in [-0.4, -0.2) is 67.5 Å². The van der Waals surface area contributed by atoms with Gasteiger partial charge in [0, 0.05) is 39.8 Å². The molecule has 3 heterocycles. The minimum Gasteiger partial charge on any atom is -0.391 e. The van der Waals surface area contributed by atoms with Gasteiger partial charge in [-0.05, 0) is 38.5 Å². The van der Waals surface area contributed by atoms with Crippen LogP contribution in [0.3, 0.4) is 0 Å². The minimum atomic E-state index is -0.553. The van der Waals surface area contributed by atoms with Gasteiger partial charge >= 0.3 is 0 Å². The number of rotatable bonds is 1. The Balaban J connectivity index is 1.70. The van der Waals surface area contributed by atoms with Crippen LogP contribution in [0.4, 0.5) is 0 Å². The van der Waals surface area contributed by atoms with E-state index in [-0.39, 0.29) is 17.2 Å². The van der Waals surface area contributed by atoms with Crippen molar-refractivity contribution in [1.29, 1.82) is 0 Å². The van der Waals surface area contributed by atoms with Crippen LogP contribution in [-0.2, 0) is 11.8 Å². The van der Waals surface area contributed by atoms with Gasteiger partial charge in [-0.25, -0.2) is 4.98 Å². The SMILES string of the molecule is CC(=O)N1CC2(CCN(C(=O)c3cn(C)cn3)CC2)C[C@H](O)C1(C)C. The van der Waals surface area contributed by atoms with E-state index in [9.17, 15) is 14.7 Å². The van der Waals surface area contributed by atoms with Crippen molar-refractivity contribution in [2.24, 2.45) is 12.5 Å². The molecule has 2 fully saturated rings. The Labute approximate surface area is 148 Å². The van der Waals surface area contributed by atoms with Crippen LogP contribution in [0.25, 0.3) is 0 Å². The molecule has 1 atom stereocenters. The number of aliphatic hydroxyl groups is 1. The van der Waals surface area contributed by atoms with E-state index in [0.717, 1.165) is 12.8 Å². The van der Waals surface area contributed by atoms with Gasteiger partial charge in [0.25, 0.3) is 5.91 Å². The number of nitrogens with zero attached hydrogens (tertiary/aromatic N) is 4. The number of carbonyl (C=O) groups is 2. The molecule has 3 rings (SSSR count). The van der Waals surface area contributed by atoms with E-state index in [1.165, 1.54) is 0 Å². The van der Waals surface area contributed by atoms with Gasteiger partial charge < -0.3 is 19.5 Å². The van der Waals surface area contributed by atoms with Crippen LogP contribution in [0, 0.1) is 5.41 Å². The number of aromatic nitrogens is 2. The first-order chi connectivity index (χ1) is 11.6. The van der Waals surface area contributed by atoms with E-state index in [1.54, 1.807) is 28.9 Å². The molecule has 1 N–H and O–H groups in total. The fourth-order valence-corrected chi connectivity index (χ4v) is 4.19. The third-order valence-electron chi connectivity index (χ3n) is 6.05. The molecule has 0 aliphatic carbocycles. The van der Waals surface area contributed by atoms with E-state index in [0.29, 0.717) is 31.7 Å². The molecule has 0 saturated carbocycles. The summed E-state index contributed by atoms with van der Waals surface area (Å²) in [7, 11) is 1.84. The summed E-state index contributed by atoms with van der Waals surface area (Å²) in [6.45, 7) is 7.32. The second kappa shape index (κ2) is 6.12. The zero-order valence-corrected chi connectivity index (χ0v) is 15.5. The molecule has 2 amide bonds. The number of likely N-dealkylation sites (tertiary alicyclic amines) is 2. The topological polar surface area (TPSA) is 78.7 Å². The molecule has 7 heteroatoms. The maximum atomic E-state index is 12.6. The van der Waals surface area contributed by atoms with E-state index in [1.807, 2.05) is 25.8 Å². The van der Waals surface area contributed by atoms with Crippen molar-refractivity contribution >= 4 is 11.8 Å². The van der Waals surface area contributed by atoms with Gasteiger partial charge in [-0.3, -0.25) is 9.59 Å². The van der Waals surface area contributed by atoms with E-state index in [4.69, 9.17) is 0 Å². The van der Waals surface area contributed by atoms with Crippen molar-refractivity contribution in [3.63, 3.8) is 0 Å². The minimum absolute atomic E-state index is 0.00452. The normalized spacial score (nSPS) is 25.2. The van der Waals surface area contributed by atoms with Crippen LogP contribution in [0.2, 0.25) is 0 Å². The van der Waals surface area contributed by atoms with Crippen molar-refractivity contribution in [2.75, 3.05) is 19.6 Å². The first-order valence-corrected chi connectivity index (χ1v) is 8.88. The highest BCUT2D eigenvalue weighted by molar-refractivity contribution is 5.92. The fourth-order valence-electron chi connectivity index (χ4n) is 4.19. The molecule has 2 aliphatic rings. The second-order valence-corrected chi connectivity index (χ2v) is 8.20. The summed E-state index contributed by atoms with van der Waals surface area (Å²) in [4.78, 5) is 32.4. The molecule has 138 valence electrons. The molecule has 1 spiro atoms. The second-order valence-electron chi connectivity index (χ2n) is 8.20. The Morgan fingerprint density at radius 2 is 1.92 bits per heavy atom. The number of aliphatic hydroxyl groups excluding tert-OH is 1. The molecule has 2 aliphatic heterocycles. The largest absolute Gasteiger partial charge is 0.391 e. The van der Waals surface area contributed by atoms with Gasteiger partial charge in [-0.15, -0.1) is 0 Å². The summed E-state index contributed by atoms with van der Waals surface area (Å²) in [5.74, 6) is -0.0503. The summed E-state index contributed by atoms with van der Waals surface area (Å²) >= 11 is 0. The number of hydrogen-bond donors (Lipinski definition) is 1. The Kier molecular flexibility index (Phi) is 4.39. The number of piperidine rings is 2. The van der Waals surface area contributed by atoms with Crippen LogP contribution < -0.4 is 0 Å². The van der Waals surface area contributed by atoms with Crippen molar-refractivity contribution < 1.29 is 14.7 Å². The lowest BCUT2D eigenvalue weighted by Crippen LogP contribution is -2.64. The average molecular weight is 348 g/mol. The van der Waals surface area contributed by atoms with Crippen LogP contribution in [0.1, 0.15) is 50.5 Å². The molecule has 1 aromatic rings. The van der Waals surface area contributed by atoms with Gasteiger partial charge in [0.15, 0.2) is 0 Å². The molecule has 7 nitrogen and oxygen atoms in total. The summed E-state index contributed by atoms with van der Waals surface area (Å²) in [6, 6.07) is 0. The molecule has 25 heavy (non-hydrogen) atoms. The summed E-state index contributed by atoms with van der Waals surface area (Å²) in [5.41, 5.74) is -0.187. The Morgan fingerprint density at radius 1 is 1.28 bits per heavy atom. The lowest BCUT2D eigenvalue weighted by Gasteiger charge is -2.55. The monoisotopic (exact) mass is 348 g/mol. The predicted molar refractivity (Wildman–Crippen MR) is 92.9 cm³/mol. The highest BCUT2D eigenvalue weighted by Crippen LogP contribution is 2.45. The van der Waals surface area contributed by atoms with Gasteiger partial charge in [0.05, 0.1) is 18.0 Å². The summed E-state index contributed by atoms with van der Waals surface area (Å²) in [5, 5.41) is 10.6. The van der Waals surface area contributed by atoms with Gasteiger partial charge in [0.2, 0.25) is 5.91 Å². The first-order valence-electron chi connectivity index (χ1n) is 8.88. The number of carbonyl (C=O) groups excluding carboxylic acids is 2. The van der Waals surface area contributed by atoms with Crippen molar-refractivity contribution in [1.82, 2.24) is 19.4 Å². The number of amides is 2. The highest BCUT2D eigenvalue weighted by Gasteiger charge is 2.50. The molecular formula is C18H28N4O3. The Bertz CT molecular complexity index is 674. The molecule has 1 aromatic heterocycles. The predicted octanol–water partition coefficient (Wildman–Crippen LogP) is 1.03. The molecule has 0 bridgehead atoms. The maximum Gasteiger partial charge on any atom is 0.274 e. The van der Waals surface area contributed by atoms with Crippen LogP contribution in [0.5, 0.6) is 0 Å². The zero-order chi connectivity index (χ0) is 18.4. The molecule has 0 aromatic carbocycles. The zero-order valence-electron chi connectivity index (χ0n) is 15.5. The van der Waals surface area contributed by atoms with Crippen LogP contribution in [0.15, 0.2) is 12.5 Å². The van der Waals surface area contributed by atoms with Gasteiger partial charge in [0.1, 0.15) is 5.69 Å². The molecule has 0 radical (unpaired) electrons. The molecule has 0 unspecified atom stereocenters. The Hall–Kier alpha value is -1.89. The van der Waals surface area contributed by atoms with Gasteiger partial charge in [-0.2, -0.15) is 0 Å². The third-order valence-corrected chi connectivity index (χ3v) is 6.05. The number of hydrogen-bond acceptors (Lipinski definition) is 4. The van der Waals surface area contributed by atoms with E-state index < -0.39 is 11.6 Å². The number of aryl methyl sites for hydroxylation is 1. The maximum absolute atomic E-state index is 12.6. The molecule has 2 saturated heterocycles. The van der Waals surface area contributed by atoms with Crippen molar-refractivity contribution in [3.05, 3.63) is 18.2 Å². The molecular weight excluding hydrogens is 320 g/mol. The third kappa shape index (κ3) is 3.17. The summed E-state index contributed by atoms with van der Waals surface area (Å²) in [6.07, 6.45) is 5.07. The highest BCUT2D eigenvalue weighted by atomic mass is 16.3. The van der Waals surface area contributed by atoms with E-state index >= 15 is 0 Å². The average Bonchev–Trinajstić information content (AvgIpc) is 2.98. The smallest absolute Gasteiger partial charge is 0.274 e. The Morgan fingerprint density at radius 3 is 2.44 bits per heavy atom. The quantitative estimate of drug-likeness (QED) is 0.822. The standard InChI is InChI=1S/C18H28N4O3/c1-13(23)22-11-18(9-15(24)17(22,2)3)5-7-21(8-6-18)16(25)14-10-20(4)12-19-14/h10,12,15,24H,5-9,11H2,1-4H3/t15-/m0/s1. The lowest BCUT2D eigenvalue weighted by molar-refractivity contribution is -0.156. The first kappa shape index (κ1) is 17.9. The summed E-state index contributed by atoms with van der Waals surface area (Å²) < 4.78 is 1.77. The number of imidazole rings is 1. The lowest BCUT2D eigenvalue weighted by atomic mass is 9.67. The van der Waals surface area contributed by atoms with Gasteiger partial charge in [-0.1, -0.05) is 0 Å². The van der Waals surface area contributed by atoms with E-state index in [2.05, 4.69) is 4.98 Å². The fraction of sp³-hybridized carbons (Fsp3) is 0.722. The van der Waals surface area contributed by atoms with Crippen molar-refractivity contribution in [2.45, 2.75) is 51.7 Å². The van der Waals surface area contributed by atoms with Crippen LogP contribution >= 0.6 is 0 Å². The van der Waals surface area contributed by atoms with Crippen molar-refractivity contribution in [3.8, 4) is 0 Å².